The third kappa shape index (κ3) is 2.32. The maximum atomic E-state index is 8.77. The average Bonchev–Trinajstić information content (AvgIpc) is 2.33. The number of nitrogens with zero attached hydrogens (tertiary/aromatic N) is 2. The van der Waals surface area contributed by atoms with Crippen LogP contribution >= 0.6 is 11.6 Å². The maximum absolute atomic E-state index is 8.77. The standard InChI is InChI=1S/C11H7ClN2.C2H6/c1-7-2-3-10-9(4-7)11(12)8(5-13)6-14-10;1-2/h2-4,6H,1H3;1-2H3. The minimum atomic E-state index is 0.421. The lowest BCUT2D eigenvalue weighted by molar-refractivity contribution is 1.36. The van der Waals surface area contributed by atoms with Crippen LogP contribution in [0.1, 0.15) is 25.0 Å². The van der Waals surface area contributed by atoms with Gasteiger partial charge in [-0.1, -0.05) is 37.1 Å². The molecule has 2 rings (SSSR count). The number of aryl methyl sites for hydroxylation is 1. The van der Waals surface area contributed by atoms with Gasteiger partial charge in [0.15, 0.2) is 0 Å². The molecule has 0 aliphatic heterocycles. The lowest BCUT2D eigenvalue weighted by Crippen LogP contribution is -1.85. The van der Waals surface area contributed by atoms with Crippen molar-refractivity contribution in [3.8, 4) is 6.07 Å². The van der Waals surface area contributed by atoms with Crippen LogP contribution in [0.4, 0.5) is 0 Å². The van der Waals surface area contributed by atoms with Gasteiger partial charge in [0, 0.05) is 11.6 Å². The molecule has 16 heavy (non-hydrogen) atoms. The summed E-state index contributed by atoms with van der Waals surface area (Å²) in [6.07, 6.45) is 1.50. The Bertz CT molecular complexity index is 541. The Labute approximate surface area is 100 Å². The molecule has 0 fully saturated rings. The predicted octanol–water partition coefficient (Wildman–Crippen LogP) is 4.09. The molecule has 0 atom stereocenters. The predicted molar refractivity (Wildman–Crippen MR) is 67.6 cm³/mol. The molecule has 1 aromatic heterocycles. The van der Waals surface area contributed by atoms with E-state index in [0.29, 0.717) is 10.6 Å². The van der Waals surface area contributed by atoms with Gasteiger partial charge in [0.05, 0.1) is 16.1 Å². The van der Waals surface area contributed by atoms with E-state index >= 15 is 0 Å². The summed E-state index contributed by atoms with van der Waals surface area (Å²) >= 11 is 6.05. The van der Waals surface area contributed by atoms with E-state index in [1.807, 2.05) is 45.0 Å². The molecule has 1 heterocycles. The van der Waals surface area contributed by atoms with Gasteiger partial charge in [0.2, 0.25) is 0 Å². The van der Waals surface area contributed by atoms with Gasteiger partial charge in [0.1, 0.15) is 6.07 Å². The molecular formula is C13H13ClN2. The van der Waals surface area contributed by atoms with Crippen LogP contribution in [0.15, 0.2) is 24.4 Å². The second-order valence-corrected chi connectivity index (χ2v) is 3.50. The summed E-state index contributed by atoms with van der Waals surface area (Å²) < 4.78 is 0. The van der Waals surface area contributed by atoms with E-state index in [1.54, 1.807) is 0 Å². The Morgan fingerprint density at radius 2 is 2.00 bits per heavy atom. The van der Waals surface area contributed by atoms with Gasteiger partial charge in [-0.05, 0) is 19.1 Å². The summed E-state index contributed by atoms with van der Waals surface area (Å²) in [5, 5.41) is 10.1. The number of hydrogen-bond acceptors (Lipinski definition) is 2. The van der Waals surface area contributed by atoms with Crippen LogP contribution in [0.25, 0.3) is 10.9 Å². The largest absolute Gasteiger partial charge is 0.255 e. The molecule has 0 spiro atoms. The first-order valence-corrected chi connectivity index (χ1v) is 5.55. The Kier molecular flexibility index (Phi) is 4.28. The van der Waals surface area contributed by atoms with Crippen LogP contribution < -0.4 is 0 Å². The number of hydrogen-bond donors (Lipinski definition) is 0. The fraction of sp³-hybridized carbons (Fsp3) is 0.231. The molecule has 0 radical (unpaired) electrons. The molecule has 0 N–H and O–H groups in total. The highest BCUT2D eigenvalue weighted by atomic mass is 35.5. The zero-order valence-electron chi connectivity index (χ0n) is 9.58. The highest BCUT2D eigenvalue weighted by Gasteiger charge is 2.05. The molecule has 3 heteroatoms. The Balaban J connectivity index is 0.000000606. The van der Waals surface area contributed by atoms with E-state index in [0.717, 1.165) is 16.5 Å². The molecule has 1 aromatic carbocycles. The van der Waals surface area contributed by atoms with Crippen molar-refractivity contribution in [2.24, 2.45) is 0 Å². The average molecular weight is 233 g/mol. The molecule has 0 unspecified atom stereocenters. The molecule has 0 saturated heterocycles. The van der Waals surface area contributed by atoms with Crippen molar-refractivity contribution < 1.29 is 0 Å². The van der Waals surface area contributed by atoms with Crippen LogP contribution in [-0.2, 0) is 0 Å². The number of pyridine rings is 1. The molecule has 0 amide bonds. The minimum absolute atomic E-state index is 0.421. The molecule has 0 aliphatic carbocycles. The monoisotopic (exact) mass is 232 g/mol. The summed E-state index contributed by atoms with van der Waals surface area (Å²) in [5.74, 6) is 0. The van der Waals surface area contributed by atoms with Gasteiger partial charge < -0.3 is 0 Å². The van der Waals surface area contributed by atoms with Crippen molar-refractivity contribution in [2.45, 2.75) is 20.8 Å². The molecule has 0 bridgehead atoms. The van der Waals surface area contributed by atoms with E-state index in [1.165, 1.54) is 6.20 Å². The van der Waals surface area contributed by atoms with Gasteiger partial charge in [-0.15, -0.1) is 0 Å². The van der Waals surface area contributed by atoms with Crippen molar-refractivity contribution in [1.82, 2.24) is 4.98 Å². The van der Waals surface area contributed by atoms with E-state index in [-0.39, 0.29) is 0 Å². The SMILES string of the molecule is CC.Cc1ccc2ncc(C#N)c(Cl)c2c1. The van der Waals surface area contributed by atoms with E-state index in [4.69, 9.17) is 16.9 Å². The fourth-order valence-electron chi connectivity index (χ4n) is 1.35. The zero-order valence-corrected chi connectivity index (χ0v) is 10.3. The number of rotatable bonds is 0. The second-order valence-electron chi connectivity index (χ2n) is 3.12. The summed E-state index contributed by atoms with van der Waals surface area (Å²) in [5.41, 5.74) is 2.35. The first-order valence-electron chi connectivity index (χ1n) is 5.17. The van der Waals surface area contributed by atoms with Gasteiger partial charge in [0.25, 0.3) is 0 Å². The second kappa shape index (κ2) is 5.48. The fourth-order valence-corrected chi connectivity index (χ4v) is 1.59. The first kappa shape index (κ1) is 12.5. The molecule has 2 aromatic rings. The lowest BCUT2D eigenvalue weighted by Gasteiger charge is -2.02. The molecule has 82 valence electrons. The number of aromatic nitrogens is 1. The molecule has 0 saturated carbocycles. The van der Waals surface area contributed by atoms with Gasteiger partial charge in [-0.2, -0.15) is 5.26 Å². The zero-order chi connectivity index (χ0) is 12.1. The molecule has 2 nitrogen and oxygen atoms in total. The van der Waals surface area contributed by atoms with Crippen LogP contribution in [-0.4, -0.2) is 4.98 Å². The van der Waals surface area contributed by atoms with Gasteiger partial charge >= 0.3 is 0 Å². The number of nitriles is 1. The number of halogens is 1. The van der Waals surface area contributed by atoms with Crippen molar-refractivity contribution in [1.29, 1.82) is 5.26 Å². The van der Waals surface area contributed by atoms with E-state index < -0.39 is 0 Å². The summed E-state index contributed by atoms with van der Waals surface area (Å²) in [6.45, 7) is 5.98. The van der Waals surface area contributed by atoms with Crippen LogP contribution in [0.3, 0.4) is 0 Å². The Hall–Kier alpha value is -1.59. The number of fused-ring (bicyclic) bond motifs is 1. The quantitative estimate of drug-likeness (QED) is 0.686. The van der Waals surface area contributed by atoms with Gasteiger partial charge in [-0.3, -0.25) is 4.98 Å². The Morgan fingerprint density at radius 3 is 2.62 bits per heavy atom. The smallest absolute Gasteiger partial charge is 0.102 e. The van der Waals surface area contributed by atoms with Gasteiger partial charge in [-0.25, -0.2) is 0 Å². The summed E-state index contributed by atoms with van der Waals surface area (Å²) in [6, 6.07) is 7.82. The van der Waals surface area contributed by atoms with Crippen LogP contribution in [0.2, 0.25) is 5.02 Å². The third-order valence-electron chi connectivity index (χ3n) is 2.08. The van der Waals surface area contributed by atoms with Crippen LogP contribution in [0, 0.1) is 18.3 Å². The number of benzene rings is 1. The topological polar surface area (TPSA) is 36.7 Å². The highest BCUT2D eigenvalue weighted by Crippen LogP contribution is 2.25. The summed E-state index contributed by atoms with van der Waals surface area (Å²) in [4.78, 5) is 4.15. The highest BCUT2D eigenvalue weighted by molar-refractivity contribution is 6.36. The lowest BCUT2D eigenvalue weighted by atomic mass is 10.1. The van der Waals surface area contributed by atoms with Crippen molar-refractivity contribution in [2.75, 3.05) is 0 Å². The van der Waals surface area contributed by atoms with Crippen molar-refractivity contribution >= 4 is 22.5 Å². The van der Waals surface area contributed by atoms with E-state index in [9.17, 15) is 0 Å². The van der Waals surface area contributed by atoms with Crippen LogP contribution in [0.5, 0.6) is 0 Å². The first-order chi connectivity index (χ1) is 7.72. The third-order valence-corrected chi connectivity index (χ3v) is 2.49. The van der Waals surface area contributed by atoms with Crippen molar-refractivity contribution in [3.63, 3.8) is 0 Å². The van der Waals surface area contributed by atoms with E-state index in [2.05, 4.69) is 4.98 Å². The van der Waals surface area contributed by atoms with Crippen molar-refractivity contribution in [3.05, 3.63) is 40.5 Å². The minimum Gasteiger partial charge on any atom is -0.255 e. The molecule has 0 aliphatic rings. The summed E-state index contributed by atoms with van der Waals surface area (Å²) in [7, 11) is 0. The Morgan fingerprint density at radius 1 is 1.31 bits per heavy atom. The maximum Gasteiger partial charge on any atom is 0.102 e. The molecular weight excluding hydrogens is 220 g/mol. The normalized spacial score (nSPS) is 9.19.